The molecule has 19 heavy (non-hydrogen) atoms. The molecule has 2 rings (SSSR count). The number of oxazole rings is 1. The Morgan fingerprint density at radius 2 is 2.11 bits per heavy atom. The fourth-order valence-electron chi connectivity index (χ4n) is 1.45. The highest BCUT2D eigenvalue weighted by molar-refractivity contribution is 7.98. The summed E-state index contributed by atoms with van der Waals surface area (Å²) in [5.74, 6) is 1.68. The van der Waals surface area contributed by atoms with E-state index in [-0.39, 0.29) is 5.91 Å². The first-order chi connectivity index (χ1) is 9.15. The number of thioether (sulfide) groups is 1. The molecule has 1 heterocycles. The lowest BCUT2D eigenvalue weighted by Gasteiger charge is -1.96. The fraction of sp³-hybridized carbons (Fsp3) is 0.231. The first kappa shape index (κ1) is 14.0. The van der Waals surface area contributed by atoms with E-state index in [1.165, 1.54) is 0 Å². The SMILES string of the molecule is NC(=O)CCSCc1coc(-c2ccc(Cl)cc2)n1. The van der Waals surface area contributed by atoms with Gasteiger partial charge in [-0.15, -0.1) is 0 Å². The van der Waals surface area contributed by atoms with E-state index in [0.717, 1.165) is 11.3 Å². The molecular formula is C13H13ClN2O2S. The summed E-state index contributed by atoms with van der Waals surface area (Å²) >= 11 is 7.42. The topological polar surface area (TPSA) is 69.1 Å². The maximum Gasteiger partial charge on any atom is 0.226 e. The highest BCUT2D eigenvalue weighted by Crippen LogP contribution is 2.22. The van der Waals surface area contributed by atoms with Gasteiger partial charge in [-0.05, 0) is 24.3 Å². The lowest BCUT2D eigenvalue weighted by molar-refractivity contribution is -0.117. The molecule has 0 saturated heterocycles. The Kier molecular flexibility index (Phi) is 4.87. The van der Waals surface area contributed by atoms with Gasteiger partial charge in [0, 0.05) is 28.5 Å². The van der Waals surface area contributed by atoms with Gasteiger partial charge >= 0.3 is 0 Å². The zero-order valence-corrected chi connectivity index (χ0v) is 11.7. The predicted molar refractivity (Wildman–Crippen MR) is 76.9 cm³/mol. The molecule has 0 saturated carbocycles. The lowest BCUT2D eigenvalue weighted by Crippen LogP contribution is -2.10. The molecule has 0 atom stereocenters. The van der Waals surface area contributed by atoms with E-state index < -0.39 is 0 Å². The van der Waals surface area contributed by atoms with Crippen molar-refractivity contribution < 1.29 is 9.21 Å². The summed E-state index contributed by atoms with van der Waals surface area (Å²) in [6, 6.07) is 7.31. The number of primary amides is 1. The molecule has 4 nitrogen and oxygen atoms in total. The molecule has 0 spiro atoms. The molecule has 2 aromatic rings. The molecule has 1 aromatic carbocycles. The third kappa shape index (κ3) is 4.29. The van der Waals surface area contributed by atoms with Crippen LogP contribution in [0.1, 0.15) is 12.1 Å². The minimum absolute atomic E-state index is 0.283. The zero-order chi connectivity index (χ0) is 13.7. The largest absolute Gasteiger partial charge is 0.444 e. The molecule has 0 aliphatic rings. The van der Waals surface area contributed by atoms with Gasteiger partial charge in [0.25, 0.3) is 0 Å². The van der Waals surface area contributed by atoms with Crippen LogP contribution in [0.5, 0.6) is 0 Å². The van der Waals surface area contributed by atoms with E-state index in [1.807, 2.05) is 12.1 Å². The second-order valence-electron chi connectivity index (χ2n) is 3.92. The van der Waals surface area contributed by atoms with Crippen molar-refractivity contribution in [3.05, 3.63) is 41.2 Å². The number of carbonyl (C=O) groups excluding carboxylic acids is 1. The van der Waals surface area contributed by atoms with E-state index in [2.05, 4.69) is 4.98 Å². The van der Waals surface area contributed by atoms with Crippen molar-refractivity contribution >= 4 is 29.3 Å². The number of amides is 1. The Hall–Kier alpha value is -1.46. The van der Waals surface area contributed by atoms with Crippen LogP contribution in [0.4, 0.5) is 0 Å². The number of rotatable bonds is 6. The third-order valence-electron chi connectivity index (χ3n) is 2.39. The summed E-state index contributed by atoms with van der Waals surface area (Å²) in [6.07, 6.45) is 2.01. The smallest absolute Gasteiger partial charge is 0.226 e. The normalized spacial score (nSPS) is 10.6. The van der Waals surface area contributed by atoms with Gasteiger partial charge < -0.3 is 10.2 Å². The lowest BCUT2D eigenvalue weighted by atomic mass is 10.2. The van der Waals surface area contributed by atoms with Crippen LogP contribution in [0.3, 0.4) is 0 Å². The average Bonchev–Trinajstić information content (AvgIpc) is 2.84. The summed E-state index contributed by atoms with van der Waals surface area (Å²) in [5, 5.41) is 0.678. The Balaban J connectivity index is 1.91. The van der Waals surface area contributed by atoms with Crippen LogP contribution < -0.4 is 5.73 Å². The van der Waals surface area contributed by atoms with Crippen LogP contribution in [-0.2, 0) is 10.5 Å². The number of nitrogens with zero attached hydrogens (tertiary/aromatic N) is 1. The van der Waals surface area contributed by atoms with Crippen LogP contribution in [0, 0.1) is 0 Å². The summed E-state index contributed by atoms with van der Waals surface area (Å²) in [5.41, 5.74) is 6.80. The molecule has 2 N–H and O–H groups in total. The number of nitrogens with two attached hydrogens (primary N) is 1. The average molecular weight is 297 g/mol. The fourth-order valence-corrected chi connectivity index (χ4v) is 2.41. The number of carbonyl (C=O) groups is 1. The Morgan fingerprint density at radius 1 is 1.37 bits per heavy atom. The van der Waals surface area contributed by atoms with E-state index in [1.54, 1.807) is 30.2 Å². The van der Waals surface area contributed by atoms with Gasteiger partial charge in [-0.25, -0.2) is 4.98 Å². The highest BCUT2D eigenvalue weighted by atomic mass is 35.5. The molecule has 1 aromatic heterocycles. The van der Waals surface area contributed by atoms with Crippen molar-refractivity contribution in [3.63, 3.8) is 0 Å². The number of aromatic nitrogens is 1. The summed E-state index contributed by atoms with van der Waals surface area (Å²) in [6.45, 7) is 0. The minimum atomic E-state index is -0.283. The standard InChI is InChI=1S/C13H13ClN2O2S/c14-10-3-1-9(2-4-10)13-16-11(7-18-13)8-19-6-5-12(15)17/h1-4,7H,5-6,8H2,(H2,15,17). The third-order valence-corrected chi connectivity index (χ3v) is 3.63. The second-order valence-corrected chi connectivity index (χ2v) is 5.46. The van der Waals surface area contributed by atoms with Gasteiger partial charge in [-0.1, -0.05) is 11.6 Å². The van der Waals surface area contributed by atoms with Crippen molar-refractivity contribution in [3.8, 4) is 11.5 Å². The number of halogens is 1. The van der Waals surface area contributed by atoms with Crippen molar-refractivity contribution in [1.82, 2.24) is 4.98 Å². The van der Waals surface area contributed by atoms with Gasteiger partial charge in [0.15, 0.2) is 0 Å². The van der Waals surface area contributed by atoms with Gasteiger partial charge in [-0.2, -0.15) is 11.8 Å². The van der Waals surface area contributed by atoms with Crippen LogP contribution in [0.2, 0.25) is 5.02 Å². The van der Waals surface area contributed by atoms with E-state index in [9.17, 15) is 4.79 Å². The predicted octanol–water partition coefficient (Wildman–Crippen LogP) is 3.10. The number of benzene rings is 1. The summed E-state index contributed by atoms with van der Waals surface area (Å²) in [4.78, 5) is 15.0. The summed E-state index contributed by atoms with van der Waals surface area (Å²) < 4.78 is 5.41. The Morgan fingerprint density at radius 3 is 2.79 bits per heavy atom. The first-order valence-corrected chi connectivity index (χ1v) is 7.25. The maximum atomic E-state index is 10.6. The molecular weight excluding hydrogens is 284 g/mol. The van der Waals surface area contributed by atoms with Crippen LogP contribution in [0.15, 0.2) is 34.9 Å². The van der Waals surface area contributed by atoms with Gasteiger partial charge in [0.2, 0.25) is 11.8 Å². The van der Waals surface area contributed by atoms with Gasteiger partial charge in [-0.3, -0.25) is 4.79 Å². The minimum Gasteiger partial charge on any atom is -0.444 e. The summed E-state index contributed by atoms with van der Waals surface area (Å²) in [7, 11) is 0. The van der Waals surface area contributed by atoms with Crippen molar-refractivity contribution in [2.45, 2.75) is 12.2 Å². The molecule has 100 valence electrons. The van der Waals surface area contributed by atoms with E-state index >= 15 is 0 Å². The molecule has 0 fully saturated rings. The van der Waals surface area contributed by atoms with E-state index in [4.69, 9.17) is 21.8 Å². The maximum absolute atomic E-state index is 10.6. The van der Waals surface area contributed by atoms with Gasteiger partial charge in [0.1, 0.15) is 6.26 Å². The van der Waals surface area contributed by atoms with Crippen molar-refractivity contribution in [2.75, 3.05) is 5.75 Å². The first-order valence-electron chi connectivity index (χ1n) is 5.71. The highest BCUT2D eigenvalue weighted by Gasteiger charge is 2.06. The van der Waals surface area contributed by atoms with Crippen LogP contribution >= 0.6 is 23.4 Å². The zero-order valence-electron chi connectivity index (χ0n) is 10.1. The van der Waals surface area contributed by atoms with Crippen LogP contribution in [0.25, 0.3) is 11.5 Å². The number of hydrogen-bond acceptors (Lipinski definition) is 4. The molecule has 6 heteroatoms. The molecule has 0 aliphatic heterocycles. The molecule has 0 aliphatic carbocycles. The quantitative estimate of drug-likeness (QED) is 0.832. The molecule has 0 unspecified atom stereocenters. The van der Waals surface area contributed by atoms with Crippen molar-refractivity contribution in [1.29, 1.82) is 0 Å². The molecule has 1 amide bonds. The van der Waals surface area contributed by atoms with Crippen molar-refractivity contribution in [2.24, 2.45) is 5.73 Å². The second kappa shape index (κ2) is 6.63. The van der Waals surface area contributed by atoms with Gasteiger partial charge in [0.05, 0.1) is 5.69 Å². The Labute approximate surface area is 120 Å². The molecule has 0 radical (unpaired) electrons. The molecule has 0 bridgehead atoms. The monoisotopic (exact) mass is 296 g/mol. The Bertz CT molecular complexity index is 554. The van der Waals surface area contributed by atoms with Crippen LogP contribution in [-0.4, -0.2) is 16.6 Å². The number of hydrogen-bond donors (Lipinski definition) is 1. The van der Waals surface area contributed by atoms with E-state index in [0.29, 0.717) is 28.8 Å².